The van der Waals surface area contributed by atoms with Crippen molar-refractivity contribution in [3.63, 3.8) is 0 Å². The molecule has 1 aliphatic heterocycles. The summed E-state index contributed by atoms with van der Waals surface area (Å²) in [5.41, 5.74) is 0. The summed E-state index contributed by atoms with van der Waals surface area (Å²) in [4.78, 5) is 22.8. The predicted octanol–water partition coefficient (Wildman–Crippen LogP) is -0.323. The van der Waals surface area contributed by atoms with E-state index in [0.29, 0.717) is 0 Å². The highest BCUT2D eigenvalue weighted by atomic mass is 32.1. The molecule has 0 aliphatic carbocycles. The molecule has 0 aromatic rings. The van der Waals surface area contributed by atoms with Crippen molar-refractivity contribution in [2.24, 2.45) is 0 Å². The molecule has 1 rings (SSSR count). The minimum atomic E-state index is -0.515. The molecule has 1 heterocycles. The van der Waals surface area contributed by atoms with Gasteiger partial charge in [-0.25, -0.2) is 9.59 Å². The first-order valence-corrected chi connectivity index (χ1v) is 3.42. The van der Waals surface area contributed by atoms with Crippen LogP contribution in [0.5, 0.6) is 0 Å². The molecule has 1 aliphatic rings. The van der Waals surface area contributed by atoms with Gasteiger partial charge in [0.15, 0.2) is 0 Å². The molecule has 60 valence electrons. The minimum Gasteiger partial charge on any atom is -0.313 e. The van der Waals surface area contributed by atoms with Crippen molar-refractivity contribution in [2.75, 3.05) is 7.05 Å². The Morgan fingerprint density at radius 2 is 2.27 bits per heavy atom. The maximum absolute atomic E-state index is 10.9. The summed E-state index contributed by atoms with van der Waals surface area (Å²) < 4.78 is 0. The quantitative estimate of drug-likeness (QED) is 0.534. The number of imide groups is 1. The van der Waals surface area contributed by atoms with Crippen LogP contribution in [0, 0.1) is 0 Å². The van der Waals surface area contributed by atoms with Crippen LogP contribution in [0.15, 0.2) is 0 Å². The van der Waals surface area contributed by atoms with Crippen LogP contribution in [0.1, 0.15) is 0 Å². The molecule has 0 saturated carbocycles. The fourth-order valence-electron chi connectivity index (χ4n) is 0.704. The second-order valence-electron chi connectivity index (χ2n) is 2.10. The fraction of sp³-hybridized carbons (Fsp3) is 0.400. The lowest BCUT2D eigenvalue weighted by Crippen LogP contribution is -2.62. The van der Waals surface area contributed by atoms with Crippen molar-refractivity contribution in [1.29, 1.82) is 0 Å². The molecule has 2 N–H and O–H groups in total. The molecule has 11 heavy (non-hydrogen) atoms. The average Bonchev–Trinajstić information content (AvgIpc) is 1.96. The molecule has 5 nitrogen and oxygen atoms in total. The lowest BCUT2D eigenvalue weighted by molar-refractivity contribution is 0.178. The Hall–Kier alpha value is -1.17. The summed E-state index contributed by atoms with van der Waals surface area (Å²) in [7, 11) is 1.54. The maximum atomic E-state index is 10.9. The number of carbonyl (C=O) groups is 2. The molecule has 1 saturated heterocycles. The van der Waals surface area contributed by atoms with Crippen LogP contribution in [-0.2, 0) is 0 Å². The van der Waals surface area contributed by atoms with Gasteiger partial charge in [0.2, 0.25) is 0 Å². The lowest BCUT2D eigenvalue weighted by Gasteiger charge is -2.30. The van der Waals surface area contributed by atoms with Gasteiger partial charge in [-0.3, -0.25) is 5.32 Å². The molecular weight excluding hydrogens is 166 g/mol. The number of nitrogens with zero attached hydrogens (tertiary/aromatic N) is 1. The van der Waals surface area contributed by atoms with Crippen LogP contribution >= 0.6 is 12.2 Å². The Bertz CT molecular complexity index is 218. The van der Waals surface area contributed by atoms with E-state index in [-0.39, 0.29) is 0 Å². The molecule has 0 aromatic carbocycles. The van der Waals surface area contributed by atoms with Crippen molar-refractivity contribution in [3.8, 4) is 0 Å². The smallest absolute Gasteiger partial charge is 0.313 e. The zero-order valence-electron chi connectivity index (χ0n) is 5.83. The van der Waals surface area contributed by atoms with Crippen LogP contribution in [-0.4, -0.2) is 35.5 Å². The van der Waals surface area contributed by atoms with Crippen molar-refractivity contribution in [2.45, 2.75) is 6.17 Å². The van der Waals surface area contributed by atoms with Crippen LogP contribution < -0.4 is 10.6 Å². The van der Waals surface area contributed by atoms with Gasteiger partial charge in [-0.1, -0.05) is 12.2 Å². The average molecular weight is 173 g/mol. The summed E-state index contributed by atoms with van der Waals surface area (Å²) in [6.07, 6.45) is -0.480. The number of carbonyl (C=O) groups excluding carboxylic acids is 2. The summed E-state index contributed by atoms with van der Waals surface area (Å²) in [5.74, 6) is 0. The van der Waals surface area contributed by atoms with Gasteiger partial charge in [-0.05, 0) is 0 Å². The summed E-state index contributed by atoms with van der Waals surface area (Å²) in [5, 5.41) is 5.82. The van der Waals surface area contributed by atoms with E-state index in [1.807, 2.05) is 0 Å². The van der Waals surface area contributed by atoms with Crippen molar-refractivity contribution in [1.82, 2.24) is 15.5 Å². The highest BCUT2D eigenvalue weighted by Gasteiger charge is 2.26. The third-order valence-electron chi connectivity index (χ3n) is 1.37. The van der Waals surface area contributed by atoms with E-state index < -0.39 is 18.2 Å². The Morgan fingerprint density at radius 1 is 1.64 bits per heavy atom. The van der Waals surface area contributed by atoms with E-state index in [1.165, 1.54) is 10.3 Å². The normalized spacial score (nSPS) is 24.1. The lowest BCUT2D eigenvalue weighted by atomic mass is 10.4. The minimum absolute atomic E-state index is 0.445. The molecule has 0 aromatic heterocycles. The predicted molar refractivity (Wildman–Crippen MR) is 42.3 cm³/mol. The Labute approximate surface area is 68.7 Å². The van der Waals surface area contributed by atoms with Crippen molar-refractivity contribution >= 4 is 29.6 Å². The number of thiocarbonyl (C=S) groups is 1. The zero-order chi connectivity index (χ0) is 8.43. The highest BCUT2D eigenvalue weighted by molar-refractivity contribution is 7.79. The zero-order valence-corrected chi connectivity index (χ0v) is 6.64. The number of nitrogens with one attached hydrogen (secondary N) is 2. The highest BCUT2D eigenvalue weighted by Crippen LogP contribution is 1.96. The molecule has 1 unspecified atom stereocenters. The first kappa shape index (κ1) is 7.93. The van der Waals surface area contributed by atoms with Crippen molar-refractivity contribution < 1.29 is 9.59 Å². The van der Waals surface area contributed by atoms with E-state index in [9.17, 15) is 9.59 Å². The molecule has 1 fully saturated rings. The maximum Gasteiger partial charge on any atom is 0.327 e. The summed E-state index contributed by atoms with van der Waals surface area (Å²) in [6, 6.07) is -0.959. The van der Waals surface area contributed by atoms with Crippen LogP contribution in [0.25, 0.3) is 0 Å². The topological polar surface area (TPSA) is 61.4 Å². The van der Waals surface area contributed by atoms with E-state index in [4.69, 9.17) is 0 Å². The fourth-order valence-corrected chi connectivity index (χ4v) is 0.955. The third-order valence-corrected chi connectivity index (χ3v) is 1.62. The van der Waals surface area contributed by atoms with E-state index >= 15 is 0 Å². The first-order valence-electron chi connectivity index (χ1n) is 2.94. The molecular formula is C5H7N3O2S. The molecule has 0 radical (unpaired) electrons. The molecule has 0 spiro atoms. The van der Waals surface area contributed by atoms with Gasteiger partial charge in [-0.2, -0.15) is 0 Å². The number of hydrogen-bond acceptors (Lipinski definition) is 3. The van der Waals surface area contributed by atoms with Crippen LogP contribution in [0.3, 0.4) is 0 Å². The monoisotopic (exact) mass is 173 g/mol. The van der Waals surface area contributed by atoms with Gasteiger partial charge >= 0.3 is 12.1 Å². The van der Waals surface area contributed by atoms with Gasteiger partial charge in [0.05, 0.1) is 0 Å². The largest absolute Gasteiger partial charge is 0.327 e. The van der Waals surface area contributed by atoms with E-state index in [1.54, 1.807) is 7.05 Å². The number of amides is 4. The number of urea groups is 2. The molecule has 1 atom stereocenters. The molecule has 6 heteroatoms. The summed E-state index contributed by atoms with van der Waals surface area (Å²) in [6.45, 7) is 0. The summed E-state index contributed by atoms with van der Waals surface area (Å²) >= 11 is 4.59. The SMILES string of the molecule is CN1C(=O)NC(=O)NC1C=S. The molecule has 4 amide bonds. The Balaban J connectivity index is 2.73. The van der Waals surface area contributed by atoms with Gasteiger partial charge in [0.1, 0.15) is 6.17 Å². The standard InChI is InChI=1S/C5H7N3O2S/c1-8-3(2-11)6-4(9)7-5(8)10/h2-3H,1H3,(H2,6,7,9,10). The second kappa shape index (κ2) is 2.83. The Kier molecular flexibility index (Phi) is 2.04. The van der Waals surface area contributed by atoms with E-state index in [0.717, 1.165) is 0 Å². The van der Waals surface area contributed by atoms with Crippen LogP contribution in [0.4, 0.5) is 9.59 Å². The van der Waals surface area contributed by atoms with Gasteiger partial charge in [-0.15, -0.1) is 0 Å². The van der Waals surface area contributed by atoms with Crippen LogP contribution in [0.2, 0.25) is 0 Å². The third kappa shape index (κ3) is 1.45. The number of rotatable bonds is 1. The van der Waals surface area contributed by atoms with Gasteiger partial charge in [0.25, 0.3) is 0 Å². The second-order valence-corrected chi connectivity index (χ2v) is 2.37. The van der Waals surface area contributed by atoms with Gasteiger partial charge in [0, 0.05) is 12.4 Å². The van der Waals surface area contributed by atoms with Gasteiger partial charge < -0.3 is 10.2 Å². The first-order chi connectivity index (χ1) is 5.15. The van der Waals surface area contributed by atoms with Crippen molar-refractivity contribution in [3.05, 3.63) is 0 Å². The Morgan fingerprint density at radius 3 is 2.82 bits per heavy atom. The van der Waals surface area contributed by atoms with E-state index in [2.05, 4.69) is 22.9 Å². The number of hydrogen-bond donors (Lipinski definition) is 2. The molecule has 0 bridgehead atoms.